The van der Waals surface area contributed by atoms with Crippen LogP contribution in [0.2, 0.25) is 5.02 Å². The Kier molecular flexibility index (Phi) is 9.73. The van der Waals surface area contributed by atoms with Crippen LogP contribution >= 0.6 is 23.4 Å². The Morgan fingerprint density at radius 2 is 1.67 bits per heavy atom. The van der Waals surface area contributed by atoms with Crippen LogP contribution in [-0.4, -0.2) is 35.1 Å². The molecule has 1 N–H and O–H groups in total. The van der Waals surface area contributed by atoms with E-state index >= 15 is 0 Å². The summed E-state index contributed by atoms with van der Waals surface area (Å²) in [5.41, 5.74) is 3.16. The zero-order valence-electron chi connectivity index (χ0n) is 18.2. The Labute approximate surface area is 189 Å². The van der Waals surface area contributed by atoms with Crippen molar-refractivity contribution in [3.05, 3.63) is 70.2 Å². The molecule has 0 spiro atoms. The molecule has 0 aromatic heterocycles. The maximum atomic E-state index is 13.1. The van der Waals surface area contributed by atoms with Crippen molar-refractivity contribution < 1.29 is 9.59 Å². The van der Waals surface area contributed by atoms with Crippen LogP contribution in [0.5, 0.6) is 0 Å². The Morgan fingerprint density at radius 3 is 2.30 bits per heavy atom. The van der Waals surface area contributed by atoms with Gasteiger partial charge < -0.3 is 10.2 Å². The zero-order valence-corrected chi connectivity index (χ0v) is 19.7. The van der Waals surface area contributed by atoms with Crippen molar-refractivity contribution in [3.8, 4) is 0 Å². The third-order valence-electron chi connectivity index (χ3n) is 4.89. The molecule has 0 aliphatic rings. The summed E-state index contributed by atoms with van der Waals surface area (Å²) in [6.45, 7) is 8.92. The van der Waals surface area contributed by atoms with Gasteiger partial charge >= 0.3 is 0 Å². The first-order valence-corrected chi connectivity index (χ1v) is 11.8. The molecule has 0 bridgehead atoms. The number of hydrogen-bond acceptors (Lipinski definition) is 3. The van der Waals surface area contributed by atoms with Crippen LogP contribution in [0.4, 0.5) is 0 Å². The highest BCUT2D eigenvalue weighted by atomic mass is 35.5. The van der Waals surface area contributed by atoms with E-state index in [2.05, 4.69) is 5.32 Å². The average Bonchev–Trinajstić information content (AvgIpc) is 2.72. The Bertz CT molecular complexity index is 857. The quantitative estimate of drug-likeness (QED) is 0.554. The monoisotopic (exact) mass is 446 g/mol. The number of halogens is 1. The number of nitrogens with zero attached hydrogens (tertiary/aromatic N) is 1. The number of benzene rings is 2. The number of thioether (sulfide) groups is 1. The van der Waals surface area contributed by atoms with Gasteiger partial charge in [0.2, 0.25) is 11.8 Å². The lowest BCUT2D eigenvalue weighted by molar-refractivity contribution is -0.138. The molecular weight excluding hydrogens is 416 g/mol. The van der Waals surface area contributed by atoms with E-state index in [-0.39, 0.29) is 11.8 Å². The SMILES string of the molecule is Cc1ccccc1CN(C(=O)CSCc1ccccc1Cl)[C@H](C)C(=O)NCC(C)C. The van der Waals surface area contributed by atoms with Crippen molar-refractivity contribution in [1.29, 1.82) is 0 Å². The van der Waals surface area contributed by atoms with Crippen molar-refractivity contribution in [3.63, 3.8) is 0 Å². The van der Waals surface area contributed by atoms with Crippen molar-refractivity contribution >= 4 is 35.2 Å². The largest absolute Gasteiger partial charge is 0.354 e. The maximum Gasteiger partial charge on any atom is 0.242 e. The Hall–Kier alpha value is -1.98. The summed E-state index contributed by atoms with van der Waals surface area (Å²) in [7, 11) is 0. The van der Waals surface area contributed by atoms with E-state index in [0.29, 0.717) is 35.5 Å². The van der Waals surface area contributed by atoms with E-state index in [4.69, 9.17) is 11.6 Å². The minimum atomic E-state index is -0.545. The molecule has 2 aromatic rings. The first-order chi connectivity index (χ1) is 14.3. The molecule has 30 heavy (non-hydrogen) atoms. The van der Waals surface area contributed by atoms with Gasteiger partial charge in [-0.15, -0.1) is 11.8 Å². The van der Waals surface area contributed by atoms with Gasteiger partial charge in [0, 0.05) is 23.9 Å². The number of nitrogens with one attached hydrogen (secondary N) is 1. The molecule has 162 valence electrons. The fraction of sp³-hybridized carbons (Fsp3) is 0.417. The van der Waals surface area contributed by atoms with E-state index in [1.165, 1.54) is 11.8 Å². The molecule has 6 heteroatoms. The summed E-state index contributed by atoms with van der Waals surface area (Å²) in [5, 5.41) is 3.65. The molecule has 0 aliphatic heterocycles. The molecule has 0 aliphatic carbocycles. The number of rotatable bonds is 10. The lowest BCUT2D eigenvalue weighted by atomic mass is 10.1. The molecule has 1 atom stereocenters. The standard InChI is InChI=1S/C24H31ClN2O2S/c1-17(2)13-26-24(29)19(4)27(14-20-10-6-5-9-18(20)3)23(28)16-30-15-21-11-7-8-12-22(21)25/h5-12,17,19H,13-16H2,1-4H3,(H,26,29)/t19-/m1/s1. The summed E-state index contributed by atoms with van der Waals surface area (Å²) in [6, 6.07) is 15.1. The van der Waals surface area contributed by atoms with Gasteiger partial charge in [-0.2, -0.15) is 0 Å². The third-order valence-corrected chi connectivity index (χ3v) is 6.23. The van der Waals surface area contributed by atoms with E-state index < -0.39 is 6.04 Å². The van der Waals surface area contributed by atoms with Gasteiger partial charge in [-0.3, -0.25) is 9.59 Å². The normalized spacial score (nSPS) is 11.9. The fourth-order valence-electron chi connectivity index (χ4n) is 2.95. The van der Waals surface area contributed by atoms with Gasteiger partial charge in [-0.1, -0.05) is 67.9 Å². The fourth-order valence-corrected chi connectivity index (χ4v) is 4.15. The number of hydrogen-bond donors (Lipinski definition) is 1. The van der Waals surface area contributed by atoms with Crippen LogP contribution in [0.3, 0.4) is 0 Å². The van der Waals surface area contributed by atoms with Crippen LogP contribution < -0.4 is 5.32 Å². The zero-order chi connectivity index (χ0) is 22.1. The molecule has 2 amide bonds. The summed E-state index contributed by atoms with van der Waals surface area (Å²) in [4.78, 5) is 27.5. The van der Waals surface area contributed by atoms with Gasteiger partial charge in [0.05, 0.1) is 5.75 Å². The molecule has 2 aromatic carbocycles. The summed E-state index contributed by atoms with van der Waals surface area (Å²) >= 11 is 7.73. The van der Waals surface area contributed by atoms with Crippen molar-refractivity contribution in [2.24, 2.45) is 5.92 Å². The van der Waals surface area contributed by atoms with Crippen LogP contribution in [0.25, 0.3) is 0 Å². The van der Waals surface area contributed by atoms with Crippen molar-refractivity contribution in [1.82, 2.24) is 10.2 Å². The summed E-state index contributed by atoms with van der Waals surface area (Å²) in [6.07, 6.45) is 0. The molecule has 0 saturated carbocycles. The maximum absolute atomic E-state index is 13.1. The summed E-state index contributed by atoms with van der Waals surface area (Å²) < 4.78 is 0. The highest BCUT2D eigenvalue weighted by molar-refractivity contribution is 7.99. The Balaban J connectivity index is 2.08. The van der Waals surface area contributed by atoms with Crippen molar-refractivity contribution in [2.75, 3.05) is 12.3 Å². The second kappa shape index (κ2) is 12.0. The first-order valence-electron chi connectivity index (χ1n) is 10.2. The number of carbonyl (C=O) groups excluding carboxylic acids is 2. The average molecular weight is 447 g/mol. The molecule has 0 unspecified atom stereocenters. The smallest absolute Gasteiger partial charge is 0.242 e. The molecular formula is C24H31ClN2O2S. The van der Waals surface area contributed by atoms with E-state index in [9.17, 15) is 9.59 Å². The third kappa shape index (κ3) is 7.37. The predicted octanol–water partition coefficient (Wildman–Crippen LogP) is 5.07. The van der Waals surface area contributed by atoms with E-state index in [1.807, 2.05) is 69.3 Å². The van der Waals surface area contributed by atoms with E-state index in [1.54, 1.807) is 11.8 Å². The second-order valence-corrected chi connectivity index (χ2v) is 9.24. The van der Waals surface area contributed by atoms with E-state index in [0.717, 1.165) is 16.7 Å². The van der Waals surface area contributed by atoms with Crippen LogP contribution in [0, 0.1) is 12.8 Å². The predicted molar refractivity (Wildman–Crippen MR) is 127 cm³/mol. The molecule has 0 radical (unpaired) electrons. The van der Waals surface area contributed by atoms with Crippen LogP contribution in [0.1, 0.15) is 37.5 Å². The summed E-state index contributed by atoms with van der Waals surface area (Å²) in [5.74, 6) is 1.12. The first kappa shape index (κ1) is 24.3. The lowest BCUT2D eigenvalue weighted by Crippen LogP contribution is -2.48. The van der Waals surface area contributed by atoms with Crippen molar-refractivity contribution in [2.45, 2.75) is 46.0 Å². The molecule has 2 rings (SSSR count). The minimum absolute atomic E-state index is 0.0532. The van der Waals surface area contributed by atoms with Gasteiger partial charge in [-0.25, -0.2) is 0 Å². The lowest BCUT2D eigenvalue weighted by Gasteiger charge is -2.29. The molecule has 0 saturated heterocycles. The van der Waals surface area contributed by atoms with Gasteiger partial charge in [0.1, 0.15) is 6.04 Å². The highest BCUT2D eigenvalue weighted by Gasteiger charge is 2.26. The molecule has 0 fully saturated rings. The van der Waals surface area contributed by atoms with Crippen LogP contribution in [0.15, 0.2) is 48.5 Å². The number of carbonyl (C=O) groups is 2. The second-order valence-electron chi connectivity index (χ2n) is 7.85. The number of amides is 2. The highest BCUT2D eigenvalue weighted by Crippen LogP contribution is 2.22. The number of aryl methyl sites for hydroxylation is 1. The van der Waals surface area contributed by atoms with Gasteiger partial charge in [-0.05, 0) is 42.5 Å². The molecule has 0 heterocycles. The van der Waals surface area contributed by atoms with Gasteiger partial charge in [0.15, 0.2) is 0 Å². The topological polar surface area (TPSA) is 49.4 Å². The minimum Gasteiger partial charge on any atom is -0.354 e. The van der Waals surface area contributed by atoms with Crippen LogP contribution in [-0.2, 0) is 21.9 Å². The van der Waals surface area contributed by atoms with Gasteiger partial charge in [0.25, 0.3) is 0 Å². The molecule has 4 nitrogen and oxygen atoms in total. The Morgan fingerprint density at radius 1 is 1.03 bits per heavy atom.